The lowest BCUT2D eigenvalue weighted by Gasteiger charge is -2.21. The second-order valence-corrected chi connectivity index (χ2v) is 34.1. The Labute approximate surface area is 643 Å². The molecule has 0 aliphatic heterocycles. The molecule has 0 aliphatic carbocycles. The minimum atomic E-state index is -4.97. The number of unbranched alkanes of at least 4 members (excludes halogenated alkanes) is 50. The van der Waals surface area contributed by atoms with E-state index >= 15 is 0 Å². The number of hydrogen-bond acceptors (Lipinski definition) is 15. The molecule has 0 amide bonds. The van der Waals surface area contributed by atoms with Crippen LogP contribution < -0.4 is 0 Å². The molecule has 19 heteroatoms. The zero-order chi connectivity index (χ0) is 77.1. The third kappa shape index (κ3) is 79.4. The lowest BCUT2D eigenvalue weighted by molar-refractivity contribution is -0.161. The smallest absolute Gasteiger partial charge is 0.462 e. The maximum atomic E-state index is 13.1. The van der Waals surface area contributed by atoms with E-state index in [1.807, 2.05) is 0 Å². The quantitative estimate of drug-likeness (QED) is 0.0169. The van der Waals surface area contributed by atoms with Gasteiger partial charge in [-0.1, -0.05) is 380 Å². The van der Waals surface area contributed by atoms with Gasteiger partial charge in [0.15, 0.2) is 12.2 Å². The first-order chi connectivity index (χ1) is 50.9. The number of hydrogen-bond donors (Lipinski definition) is 3. The molecule has 0 saturated heterocycles. The summed E-state index contributed by atoms with van der Waals surface area (Å²) in [6, 6.07) is 0. The van der Waals surface area contributed by atoms with E-state index in [1.165, 1.54) is 231 Å². The maximum absolute atomic E-state index is 13.1. The van der Waals surface area contributed by atoms with Gasteiger partial charge in [-0.2, -0.15) is 0 Å². The van der Waals surface area contributed by atoms with Crippen molar-refractivity contribution in [2.24, 2.45) is 11.8 Å². The third-order valence-electron chi connectivity index (χ3n) is 19.6. The highest BCUT2D eigenvalue weighted by molar-refractivity contribution is 7.47. The van der Waals surface area contributed by atoms with Crippen LogP contribution in [0.5, 0.6) is 0 Å². The SMILES string of the molecule is CCCCCC/C=C\C=C/CCCCCCCC(=O)O[C@H](COC(=O)CCCCCCCCCC(C)C)COP(=O)(O)OC[C@H](O)COP(=O)(O)OC[C@@H](COC(=O)CCCCCCCCCCCCCCCCCC(C)C)OC(=O)CCCCCCCCCCCCCCCCCCCCCCCC. The molecule has 2 unspecified atom stereocenters. The summed E-state index contributed by atoms with van der Waals surface area (Å²) < 4.78 is 68.8. The van der Waals surface area contributed by atoms with Crippen LogP contribution in [0.2, 0.25) is 0 Å². The van der Waals surface area contributed by atoms with E-state index < -0.39 is 97.5 Å². The van der Waals surface area contributed by atoms with Crippen LogP contribution >= 0.6 is 15.6 Å². The first-order valence-electron chi connectivity index (χ1n) is 43.8. The molecular formula is C86H164O17P2. The van der Waals surface area contributed by atoms with Crippen molar-refractivity contribution in [2.75, 3.05) is 39.6 Å². The minimum Gasteiger partial charge on any atom is -0.462 e. The summed E-state index contributed by atoms with van der Waals surface area (Å²) in [5, 5.41) is 10.7. The van der Waals surface area contributed by atoms with Crippen LogP contribution in [0.15, 0.2) is 24.3 Å². The zero-order valence-electron chi connectivity index (χ0n) is 68.5. The average Bonchev–Trinajstić information content (AvgIpc) is 0.919. The molecule has 0 rings (SSSR count). The Hall–Kier alpha value is -2.46. The van der Waals surface area contributed by atoms with Crippen LogP contribution in [0.1, 0.15) is 433 Å². The predicted octanol–water partition coefficient (Wildman–Crippen LogP) is 25.8. The van der Waals surface area contributed by atoms with Crippen LogP contribution in [0.25, 0.3) is 0 Å². The van der Waals surface area contributed by atoms with E-state index in [4.69, 9.17) is 37.0 Å². The second-order valence-electron chi connectivity index (χ2n) is 31.2. The number of ether oxygens (including phenoxy) is 4. The number of aliphatic hydroxyl groups is 1. The van der Waals surface area contributed by atoms with Gasteiger partial charge >= 0.3 is 39.5 Å². The number of carbonyl (C=O) groups is 4. The number of aliphatic hydroxyl groups excluding tert-OH is 1. The van der Waals surface area contributed by atoms with E-state index in [1.54, 1.807) is 0 Å². The largest absolute Gasteiger partial charge is 0.472 e. The fourth-order valence-corrected chi connectivity index (χ4v) is 14.5. The Morgan fingerprint density at radius 2 is 0.514 bits per heavy atom. The summed E-state index contributed by atoms with van der Waals surface area (Å²) in [6.45, 7) is 9.56. The normalized spacial score (nSPS) is 14.0. The van der Waals surface area contributed by atoms with Crippen LogP contribution in [0.3, 0.4) is 0 Å². The van der Waals surface area contributed by atoms with Crippen molar-refractivity contribution in [3.63, 3.8) is 0 Å². The van der Waals surface area contributed by atoms with Crippen molar-refractivity contribution in [3.05, 3.63) is 24.3 Å². The molecule has 0 radical (unpaired) electrons. The number of esters is 4. The predicted molar refractivity (Wildman–Crippen MR) is 432 cm³/mol. The number of carbonyl (C=O) groups excluding carboxylic acids is 4. The lowest BCUT2D eigenvalue weighted by atomic mass is 10.0. The fraction of sp³-hybridized carbons (Fsp3) is 0.907. The monoisotopic (exact) mass is 1530 g/mol. The summed E-state index contributed by atoms with van der Waals surface area (Å²) in [5.41, 5.74) is 0. The molecule has 5 atom stereocenters. The van der Waals surface area contributed by atoms with E-state index in [0.717, 1.165) is 115 Å². The molecule has 0 heterocycles. The molecule has 620 valence electrons. The second kappa shape index (κ2) is 76.9. The Morgan fingerprint density at radius 1 is 0.295 bits per heavy atom. The van der Waals surface area contributed by atoms with Gasteiger partial charge in [-0.25, -0.2) is 9.13 Å². The van der Waals surface area contributed by atoms with Gasteiger partial charge in [-0.05, 0) is 63.2 Å². The Morgan fingerprint density at radius 3 is 0.781 bits per heavy atom. The number of allylic oxidation sites excluding steroid dienone is 4. The summed E-state index contributed by atoms with van der Waals surface area (Å²) >= 11 is 0. The number of phosphoric ester groups is 2. The van der Waals surface area contributed by atoms with Gasteiger partial charge < -0.3 is 33.8 Å². The number of phosphoric acid groups is 2. The Bertz CT molecular complexity index is 2110. The van der Waals surface area contributed by atoms with Gasteiger partial charge in [-0.15, -0.1) is 0 Å². The molecule has 0 aromatic heterocycles. The summed E-state index contributed by atoms with van der Waals surface area (Å²) in [4.78, 5) is 73.1. The lowest BCUT2D eigenvalue weighted by Crippen LogP contribution is -2.30. The van der Waals surface area contributed by atoms with E-state index in [0.29, 0.717) is 31.6 Å². The summed E-state index contributed by atoms with van der Waals surface area (Å²) in [5.74, 6) is -0.629. The van der Waals surface area contributed by atoms with Crippen molar-refractivity contribution in [1.29, 1.82) is 0 Å². The van der Waals surface area contributed by atoms with Crippen molar-refractivity contribution >= 4 is 39.5 Å². The number of rotatable bonds is 83. The van der Waals surface area contributed by atoms with Crippen molar-refractivity contribution in [3.8, 4) is 0 Å². The molecule has 0 fully saturated rings. The molecule has 0 saturated carbocycles. The van der Waals surface area contributed by atoms with Crippen LogP contribution in [0.4, 0.5) is 0 Å². The van der Waals surface area contributed by atoms with Gasteiger partial charge in [-0.3, -0.25) is 37.3 Å². The van der Waals surface area contributed by atoms with Gasteiger partial charge in [0, 0.05) is 25.7 Å². The highest BCUT2D eigenvalue weighted by atomic mass is 31.2. The Kier molecular flexibility index (Phi) is 75.1. The molecule has 0 aromatic carbocycles. The molecule has 0 bridgehead atoms. The molecule has 17 nitrogen and oxygen atoms in total. The molecule has 0 spiro atoms. The molecule has 0 aliphatic rings. The van der Waals surface area contributed by atoms with Crippen LogP contribution in [-0.4, -0.2) is 96.7 Å². The summed E-state index contributed by atoms with van der Waals surface area (Å²) in [7, 11) is -9.94. The van der Waals surface area contributed by atoms with Gasteiger partial charge in [0.2, 0.25) is 0 Å². The highest BCUT2D eigenvalue weighted by Gasteiger charge is 2.30. The van der Waals surface area contributed by atoms with Crippen molar-refractivity contribution in [2.45, 2.75) is 452 Å². The summed E-state index contributed by atoms with van der Waals surface area (Å²) in [6.07, 6.45) is 71.8. The zero-order valence-corrected chi connectivity index (χ0v) is 70.3. The van der Waals surface area contributed by atoms with Crippen molar-refractivity contribution in [1.82, 2.24) is 0 Å². The van der Waals surface area contributed by atoms with E-state index in [2.05, 4.69) is 65.8 Å². The standard InChI is InChI=1S/C86H164O17P2/c1-7-9-11-13-15-17-19-21-23-24-25-26-27-28-29-33-38-42-46-52-59-65-71-85(90)102-81(74-96-83(88)68-62-56-50-44-40-36-34-30-32-35-39-43-48-54-60-66-78(3)4)76-100-104(92,93)98-72-80(87)73-99-105(94,95)101-77-82(75-97-84(89)69-63-57-53-47-49-55-61-67-79(5)6)103-86(91)70-64-58-51-45-41-37-31-22-20-18-16-14-12-10-8-2/h18,20,22,31,78-82,87H,7-17,19,21,23-30,32-77H2,1-6H3,(H,92,93)(H,94,95)/b20-18-,31-22-/t80-,81-,82-/m1/s1. The van der Waals surface area contributed by atoms with Gasteiger partial charge in [0.1, 0.15) is 19.3 Å². The fourth-order valence-electron chi connectivity index (χ4n) is 12.9. The van der Waals surface area contributed by atoms with E-state index in [-0.39, 0.29) is 25.7 Å². The third-order valence-corrected chi connectivity index (χ3v) is 21.5. The Balaban J connectivity index is 5.25. The van der Waals surface area contributed by atoms with Gasteiger partial charge in [0.05, 0.1) is 26.4 Å². The molecule has 0 aromatic rings. The van der Waals surface area contributed by atoms with Crippen LogP contribution in [0, 0.1) is 11.8 Å². The average molecular weight is 1530 g/mol. The minimum absolute atomic E-state index is 0.0845. The van der Waals surface area contributed by atoms with Crippen molar-refractivity contribution < 1.29 is 80.2 Å². The molecular weight excluding hydrogens is 1370 g/mol. The van der Waals surface area contributed by atoms with Crippen LogP contribution in [-0.2, 0) is 65.4 Å². The molecule has 105 heavy (non-hydrogen) atoms. The first kappa shape index (κ1) is 103. The topological polar surface area (TPSA) is 237 Å². The highest BCUT2D eigenvalue weighted by Crippen LogP contribution is 2.45. The van der Waals surface area contributed by atoms with E-state index in [9.17, 15) is 43.2 Å². The van der Waals surface area contributed by atoms with Gasteiger partial charge in [0.25, 0.3) is 0 Å². The first-order valence-corrected chi connectivity index (χ1v) is 46.8. The maximum Gasteiger partial charge on any atom is 0.472 e. The molecule has 3 N–H and O–H groups in total.